The van der Waals surface area contributed by atoms with Gasteiger partial charge in [-0.3, -0.25) is 14.5 Å². The standard InChI is InChI=1S/C28H27NO5/c1-4-33-22-13-9-19(10-14-22)25-24(26(30)20-11-15-23(16-12-20)34-5-2)27(31)28(32)29(25)21-8-6-7-18(3)17-21/h6-17,25,30H,4-5H2,1-3H3/b26-24+. The lowest BCUT2D eigenvalue weighted by atomic mass is 9.95. The third-order valence-electron chi connectivity index (χ3n) is 5.67. The zero-order valence-electron chi connectivity index (χ0n) is 19.4. The fraction of sp³-hybridized carbons (Fsp3) is 0.214. The van der Waals surface area contributed by atoms with Crippen molar-refractivity contribution < 1.29 is 24.2 Å². The van der Waals surface area contributed by atoms with Gasteiger partial charge >= 0.3 is 0 Å². The molecule has 174 valence electrons. The van der Waals surface area contributed by atoms with Gasteiger partial charge in [-0.25, -0.2) is 0 Å². The molecule has 3 aromatic carbocycles. The van der Waals surface area contributed by atoms with Crippen LogP contribution in [-0.2, 0) is 9.59 Å². The van der Waals surface area contributed by atoms with Gasteiger partial charge in [0.05, 0.1) is 24.8 Å². The molecule has 4 rings (SSSR count). The highest BCUT2D eigenvalue weighted by Gasteiger charge is 2.47. The van der Waals surface area contributed by atoms with Gasteiger partial charge in [-0.15, -0.1) is 0 Å². The van der Waals surface area contributed by atoms with E-state index in [2.05, 4.69) is 0 Å². The molecule has 34 heavy (non-hydrogen) atoms. The van der Waals surface area contributed by atoms with E-state index in [0.29, 0.717) is 41.5 Å². The number of hydrogen-bond donors (Lipinski definition) is 1. The van der Waals surface area contributed by atoms with E-state index < -0.39 is 17.7 Å². The van der Waals surface area contributed by atoms with Crippen LogP contribution in [0, 0.1) is 6.92 Å². The maximum Gasteiger partial charge on any atom is 0.300 e. The summed E-state index contributed by atoms with van der Waals surface area (Å²) >= 11 is 0. The minimum Gasteiger partial charge on any atom is -0.507 e. The van der Waals surface area contributed by atoms with Crippen molar-refractivity contribution in [3.8, 4) is 11.5 Å². The average Bonchev–Trinajstić information content (AvgIpc) is 3.10. The molecule has 0 radical (unpaired) electrons. The topological polar surface area (TPSA) is 76.1 Å². The number of carbonyl (C=O) groups excluding carboxylic acids is 2. The number of rotatable bonds is 7. The van der Waals surface area contributed by atoms with E-state index >= 15 is 0 Å². The maximum atomic E-state index is 13.3. The fourth-order valence-electron chi connectivity index (χ4n) is 4.14. The second-order valence-corrected chi connectivity index (χ2v) is 7.97. The summed E-state index contributed by atoms with van der Waals surface area (Å²) in [6.07, 6.45) is 0. The smallest absolute Gasteiger partial charge is 0.300 e. The number of aliphatic hydroxyl groups is 1. The Hall–Kier alpha value is -4.06. The van der Waals surface area contributed by atoms with E-state index in [1.54, 1.807) is 42.5 Å². The number of benzene rings is 3. The van der Waals surface area contributed by atoms with Gasteiger partial charge in [0.25, 0.3) is 11.7 Å². The number of amides is 1. The molecule has 1 saturated heterocycles. The van der Waals surface area contributed by atoms with Crippen LogP contribution in [0.25, 0.3) is 5.76 Å². The molecule has 0 saturated carbocycles. The van der Waals surface area contributed by atoms with E-state index in [9.17, 15) is 14.7 Å². The predicted molar refractivity (Wildman–Crippen MR) is 131 cm³/mol. The number of carbonyl (C=O) groups is 2. The van der Waals surface area contributed by atoms with Gasteiger partial charge in [0, 0.05) is 11.3 Å². The van der Waals surface area contributed by atoms with Crippen LogP contribution in [0.4, 0.5) is 5.69 Å². The molecule has 1 unspecified atom stereocenters. The van der Waals surface area contributed by atoms with Crippen molar-refractivity contribution in [2.45, 2.75) is 26.8 Å². The molecular weight excluding hydrogens is 430 g/mol. The lowest BCUT2D eigenvalue weighted by Crippen LogP contribution is -2.29. The molecule has 3 aromatic rings. The third kappa shape index (κ3) is 4.39. The fourth-order valence-corrected chi connectivity index (χ4v) is 4.14. The van der Waals surface area contributed by atoms with Crippen LogP contribution in [0.1, 0.15) is 36.6 Å². The summed E-state index contributed by atoms with van der Waals surface area (Å²) in [5.74, 6) is -0.299. The Balaban J connectivity index is 1.86. The Labute approximate surface area is 199 Å². The van der Waals surface area contributed by atoms with Crippen LogP contribution in [0.2, 0.25) is 0 Å². The van der Waals surface area contributed by atoms with Crippen molar-refractivity contribution in [1.82, 2.24) is 0 Å². The molecule has 1 aliphatic heterocycles. The van der Waals surface area contributed by atoms with Crippen molar-refractivity contribution in [3.63, 3.8) is 0 Å². The number of anilines is 1. The number of hydrogen-bond acceptors (Lipinski definition) is 5. The van der Waals surface area contributed by atoms with Gasteiger partial charge in [0.15, 0.2) is 0 Å². The van der Waals surface area contributed by atoms with Gasteiger partial charge in [-0.2, -0.15) is 0 Å². The number of ketones is 1. The van der Waals surface area contributed by atoms with E-state index in [4.69, 9.17) is 9.47 Å². The monoisotopic (exact) mass is 457 g/mol. The summed E-state index contributed by atoms with van der Waals surface area (Å²) in [5.41, 5.74) is 2.71. The van der Waals surface area contributed by atoms with Crippen molar-refractivity contribution in [2.75, 3.05) is 18.1 Å². The van der Waals surface area contributed by atoms with Crippen LogP contribution in [0.15, 0.2) is 78.4 Å². The lowest BCUT2D eigenvalue weighted by Gasteiger charge is -2.26. The van der Waals surface area contributed by atoms with E-state index in [0.717, 1.165) is 5.56 Å². The third-order valence-corrected chi connectivity index (χ3v) is 5.67. The Morgan fingerprint density at radius 1 is 0.882 bits per heavy atom. The van der Waals surface area contributed by atoms with Crippen molar-refractivity contribution >= 4 is 23.1 Å². The molecule has 1 amide bonds. The van der Waals surface area contributed by atoms with Crippen LogP contribution in [-0.4, -0.2) is 30.0 Å². The highest BCUT2D eigenvalue weighted by Crippen LogP contribution is 2.42. The van der Waals surface area contributed by atoms with Gasteiger partial charge in [0.1, 0.15) is 17.3 Å². The Kier molecular flexibility index (Phi) is 6.68. The summed E-state index contributed by atoms with van der Waals surface area (Å²) in [7, 11) is 0. The molecule has 1 aliphatic rings. The van der Waals surface area contributed by atoms with Crippen LogP contribution in [0.3, 0.4) is 0 Å². The molecule has 0 aliphatic carbocycles. The number of ether oxygens (including phenoxy) is 2. The first-order valence-corrected chi connectivity index (χ1v) is 11.3. The molecule has 1 N–H and O–H groups in total. The van der Waals surface area contributed by atoms with Crippen molar-refractivity contribution in [2.24, 2.45) is 0 Å². The molecule has 0 aromatic heterocycles. The highest BCUT2D eigenvalue weighted by atomic mass is 16.5. The molecule has 6 nitrogen and oxygen atoms in total. The van der Waals surface area contributed by atoms with Gasteiger partial charge in [-0.1, -0.05) is 24.3 Å². The first-order valence-electron chi connectivity index (χ1n) is 11.3. The summed E-state index contributed by atoms with van der Waals surface area (Å²) < 4.78 is 11.0. The first-order chi connectivity index (χ1) is 16.4. The average molecular weight is 458 g/mol. The summed E-state index contributed by atoms with van der Waals surface area (Å²) in [6, 6.07) is 20.6. The summed E-state index contributed by atoms with van der Waals surface area (Å²) in [5, 5.41) is 11.2. The normalized spacial score (nSPS) is 17.1. The maximum absolute atomic E-state index is 13.3. The van der Waals surface area contributed by atoms with E-state index in [1.807, 2.05) is 51.1 Å². The van der Waals surface area contributed by atoms with Crippen molar-refractivity contribution in [1.29, 1.82) is 0 Å². The molecular formula is C28H27NO5. The highest BCUT2D eigenvalue weighted by molar-refractivity contribution is 6.51. The van der Waals surface area contributed by atoms with Gasteiger partial charge in [0.2, 0.25) is 0 Å². The number of aliphatic hydroxyl groups excluding tert-OH is 1. The second-order valence-electron chi connectivity index (χ2n) is 7.97. The van der Waals surface area contributed by atoms with Crippen LogP contribution < -0.4 is 14.4 Å². The quantitative estimate of drug-likeness (QED) is 0.291. The predicted octanol–water partition coefficient (Wildman–Crippen LogP) is 5.42. The zero-order valence-corrected chi connectivity index (χ0v) is 19.4. The minimum absolute atomic E-state index is 0.0415. The summed E-state index contributed by atoms with van der Waals surface area (Å²) in [4.78, 5) is 27.9. The first kappa shape index (κ1) is 23.1. The largest absolute Gasteiger partial charge is 0.507 e. The Morgan fingerprint density at radius 2 is 1.47 bits per heavy atom. The molecule has 6 heteroatoms. The van der Waals surface area contributed by atoms with E-state index in [-0.39, 0.29) is 11.3 Å². The molecule has 1 atom stereocenters. The van der Waals surface area contributed by atoms with E-state index in [1.165, 1.54) is 4.90 Å². The Bertz CT molecular complexity index is 1230. The number of Topliss-reactive ketones (excluding diaryl/α,β-unsaturated/α-hetero) is 1. The molecule has 0 bridgehead atoms. The second kappa shape index (κ2) is 9.83. The van der Waals surface area contributed by atoms with Gasteiger partial charge < -0.3 is 14.6 Å². The van der Waals surface area contributed by atoms with Crippen LogP contribution >= 0.6 is 0 Å². The van der Waals surface area contributed by atoms with Crippen LogP contribution in [0.5, 0.6) is 11.5 Å². The molecule has 1 heterocycles. The molecule has 1 fully saturated rings. The number of aryl methyl sites for hydroxylation is 1. The molecule has 0 spiro atoms. The number of nitrogens with zero attached hydrogens (tertiary/aromatic N) is 1. The van der Waals surface area contributed by atoms with Crippen molar-refractivity contribution in [3.05, 3.63) is 95.1 Å². The lowest BCUT2D eigenvalue weighted by molar-refractivity contribution is -0.132. The SMILES string of the molecule is CCOc1ccc(/C(O)=C2\C(=O)C(=O)N(c3cccc(C)c3)C2c2ccc(OCC)cc2)cc1. The summed E-state index contributed by atoms with van der Waals surface area (Å²) in [6.45, 7) is 6.75. The zero-order chi connectivity index (χ0) is 24.2. The van der Waals surface area contributed by atoms with Gasteiger partial charge in [-0.05, 0) is 80.4 Å². The Morgan fingerprint density at radius 3 is 2.03 bits per heavy atom. The minimum atomic E-state index is -0.788.